The molecule has 0 radical (unpaired) electrons. The van der Waals surface area contributed by atoms with E-state index in [1.165, 1.54) is 29.5 Å². The van der Waals surface area contributed by atoms with Crippen molar-refractivity contribution in [1.82, 2.24) is 0 Å². The third-order valence-corrected chi connectivity index (χ3v) is 3.18. The second-order valence-corrected chi connectivity index (χ2v) is 5.08. The van der Waals surface area contributed by atoms with Crippen LogP contribution in [0.3, 0.4) is 0 Å². The van der Waals surface area contributed by atoms with Gasteiger partial charge in [-0.1, -0.05) is 42.1 Å². The molecular formula is C15H17N3O2S. The third kappa shape index (κ3) is 7.03. The quantitative estimate of drug-likeness (QED) is 0.395. The fourth-order valence-electron chi connectivity index (χ4n) is 1.36. The van der Waals surface area contributed by atoms with Crippen LogP contribution in [0, 0.1) is 5.41 Å². The number of thioether (sulfide) groups is 1. The minimum Gasteiger partial charge on any atom is -0.478 e. The van der Waals surface area contributed by atoms with Gasteiger partial charge in [0.1, 0.15) is 0 Å². The van der Waals surface area contributed by atoms with E-state index in [4.69, 9.17) is 22.0 Å². The van der Waals surface area contributed by atoms with Crippen LogP contribution in [0.15, 0.2) is 54.6 Å². The van der Waals surface area contributed by atoms with E-state index < -0.39 is 5.97 Å². The van der Waals surface area contributed by atoms with Crippen molar-refractivity contribution in [1.29, 1.82) is 5.41 Å². The van der Waals surface area contributed by atoms with Gasteiger partial charge in [0.15, 0.2) is 5.17 Å². The van der Waals surface area contributed by atoms with Crippen LogP contribution < -0.4 is 11.5 Å². The van der Waals surface area contributed by atoms with Crippen LogP contribution in [0.4, 0.5) is 5.69 Å². The summed E-state index contributed by atoms with van der Waals surface area (Å²) in [6.07, 6.45) is 0. The Hall–Kier alpha value is -2.47. The largest absolute Gasteiger partial charge is 0.478 e. The Bertz CT molecular complexity index is 586. The molecule has 0 aliphatic heterocycles. The molecule has 0 aliphatic rings. The van der Waals surface area contributed by atoms with Gasteiger partial charge in [-0.15, -0.1) is 0 Å². The Labute approximate surface area is 127 Å². The van der Waals surface area contributed by atoms with Crippen LogP contribution >= 0.6 is 11.8 Å². The average Bonchev–Trinajstić information content (AvgIpc) is 2.47. The average molecular weight is 303 g/mol. The lowest BCUT2D eigenvalue weighted by Crippen LogP contribution is -2.03. The van der Waals surface area contributed by atoms with Gasteiger partial charge in [-0.05, 0) is 29.8 Å². The molecule has 110 valence electrons. The van der Waals surface area contributed by atoms with E-state index >= 15 is 0 Å². The first kappa shape index (κ1) is 16.6. The second kappa shape index (κ2) is 8.65. The second-order valence-electron chi connectivity index (χ2n) is 4.07. The number of rotatable bonds is 3. The van der Waals surface area contributed by atoms with Crippen molar-refractivity contribution in [3.63, 3.8) is 0 Å². The number of carboxylic acid groups (broad SMARTS) is 1. The van der Waals surface area contributed by atoms with Gasteiger partial charge in [0.2, 0.25) is 0 Å². The molecule has 2 aromatic rings. The molecule has 0 atom stereocenters. The van der Waals surface area contributed by atoms with Gasteiger partial charge in [-0.2, -0.15) is 0 Å². The minimum absolute atomic E-state index is 0.175. The standard InChI is InChI=1S/C8H10N2S.C7H7NO2/c9-8(10)11-6-7-4-2-1-3-5-7;8-6-3-1-5(2-4-6)7(9)10/h1-5H,6H2,(H3,9,10);1-4H,8H2,(H,9,10). The summed E-state index contributed by atoms with van der Waals surface area (Å²) in [4.78, 5) is 10.3. The van der Waals surface area contributed by atoms with Crippen molar-refractivity contribution in [3.8, 4) is 0 Å². The number of benzene rings is 2. The molecular weight excluding hydrogens is 286 g/mol. The summed E-state index contributed by atoms with van der Waals surface area (Å²) >= 11 is 1.35. The number of aromatic carboxylic acids is 1. The summed E-state index contributed by atoms with van der Waals surface area (Å²) in [7, 11) is 0. The smallest absolute Gasteiger partial charge is 0.335 e. The lowest BCUT2D eigenvalue weighted by molar-refractivity contribution is 0.0697. The number of anilines is 1. The van der Waals surface area contributed by atoms with Crippen molar-refractivity contribution < 1.29 is 9.90 Å². The van der Waals surface area contributed by atoms with Gasteiger partial charge < -0.3 is 16.6 Å². The first-order valence-electron chi connectivity index (χ1n) is 6.08. The highest BCUT2D eigenvalue weighted by molar-refractivity contribution is 8.13. The molecule has 2 aromatic carbocycles. The molecule has 6 N–H and O–H groups in total. The molecule has 2 rings (SSSR count). The number of carbonyl (C=O) groups is 1. The molecule has 0 heterocycles. The van der Waals surface area contributed by atoms with Gasteiger partial charge in [0.25, 0.3) is 0 Å². The van der Waals surface area contributed by atoms with E-state index in [9.17, 15) is 4.79 Å². The summed E-state index contributed by atoms with van der Waals surface area (Å²) in [5, 5.41) is 15.6. The molecule has 0 spiro atoms. The predicted octanol–water partition coefficient (Wildman–Crippen LogP) is 2.78. The van der Waals surface area contributed by atoms with E-state index in [1.807, 2.05) is 30.3 Å². The number of carboxylic acids is 1. The van der Waals surface area contributed by atoms with Crippen LogP contribution in [0.2, 0.25) is 0 Å². The van der Waals surface area contributed by atoms with Crippen LogP contribution in [0.25, 0.3) is 0 Å². The van der Waals surface area contributed by atoms with Crippen LogP contribution in [0.1, 0.15) is 15.9 Å². The van der Waals surface area contributed by atoms with Crippen LogP contribution in [0.5, 0.6) is 0 Å². The van der Waals surface area contributed by atoms with Crippen molar-refractivity contribution in [2.45, 2.75) is 5.75 Å². The topological polar surface area (TPSA) is 113 Å². The molecule has 0 bridgehead atoms. The number of nitrogen functional groups attached to an aromatic ring is 1. The maximum atomic E-state index is 10.3. The Balaban J connectivity index is 0.000000211. The first-order chi connectivity index (χ1) is 9.99. The van der Waals surface area contributed by atoms with Gasteiger partial charge in [-0.3, -0.25) is 5.41 Å². The number of hydrogen-bond acceptors (Lipinski definition) is 4. The molecule has 5 nitrogen and oxygen atoms in total. The van der Waals surface area contributed by atoms with E-state index in [-0.39, 0.29) is 10.7 Å². The molecule has 0 unspecified atom stereocenters. The Morgan fingerprint density at radius 1 is 1.10 bits per heavy atom. The normalized spacial score (nSPS) is 9.33. The monoisotopic (exact) mass is 303 g/mol. The number of amidine groups is 1. The van der Waals surface area contributed by atoms with Crippen LogP contribution in [-0.2, 0) is 5.75 Å². The van der Waals surface area contributed by atoms with Gasteiger partial charge >= 0.3 is 5.97 Å². The van der Waals surface area contributed by atoms with E-state index in [0.29, 0.717) is 5.69 Å². The zero-order chi connectivity index (χ0) is 15.7. The SMILES string of the molecule is N=C(N)SCc1ccccc1.Nc1ccc(C(=O)O)cc1. The summed E-state index contributed by atoms with van der Waals surface area (Å²) in [5.74, 6) is -0.143. The Kier molecular flexibility index (Phi) is 6.83. The highest BCUT2D eigenvalue weighted by atomic mass is 32.2. The fraction of sp³-hybridized carbons (Fsp3) is 0.0667. The molecule has 0 aliphatic carbocycles. The zero-order valence-electron chi connectivity index (χ0n) is 11.3. The number of nitrogens with one attached hydrogen (secondary N) is 1. The summed E-state index contributed by atoms with van der Waals surface area (Å²) < 4.78 is 0. The van der Waals surface area contributed by atoms with Gasteiger partial charge in [-0.25, -0.2) is 4.79 Å². The Morgan fingerprint density at radius 3 is 2.14 bits per heavy atom. The van der Waals surface area contributed by atoms with Crippen molar-refractivity contribution in [3.05, 3.63) is 65.7 Å². The number of hydrogen-bond donors (Lipinski definition) is 4. The van der Waals surface area contributed by atoms with Crippen molar-refractivity contribution in [2.24, 2.45) is 5.73 Å². The van der Waals surface area contributed by atoms with Crippen molar-refractivity contribution in [2.75, 3.05) is 5.73 Å². The van der Waals surface area contributed by atoms with E-state index in [1.54, 1.807) is 12.1 Å². The highest BCUT2D eigenvalue weighted by Crippen LogP contribution is 2.09. The lowest BCUT2D eigenvalue weighted by Gasteiger charge is -1.97. The molecule has 0 saturated heterocycles. The Morgan fingerprint density at radius 2 is 1.67 bits per heavy atom. The maximum absolute atomic E-state index is 10.3. The molecule has 0 aromatic heterocycles. The first-order valence-corrected chi connectivity index (χ1v) is 7.07. The third-order valence-electron chi connectivity index (χ3n) is 2.39. The van der Waals surface area contributed by atoms with E-state index in [0.717, 1.165) is 5.75 Å². The van der Waals surface area contributed by atoms with Crippen LogP contribution in [-0.4, -0.2) is 16.2 Å². The summed E-state index contributed by atoms with van der Waals surface area (Å²) in [6.45, 7) is 0. The lowest BCUT2D eigenvalue weighted by atomic mass is 10.2. The van der Waals surface area contributed by atoms with Crippen molar-refractivity contribution >= 4 is 28.6 Å². The molecule has 0 saturated carbocycles. The zero-order valence-corrected chi connectivity index (χ0v) is 12.1. The van der Waals surface area contributed by atoms with Gasteiger partial charge in [0, 0.05) is 11.4 Å². The van der Waals surface area contributed by atoms with Gasteiger partial charge in [0.05, 0.1) is 5.56 Å². The number of nitrogens with two attached hydrogens (primary N) is 2. The summed E-state index contributed by atoms with van der Waals surface area (Å²) in [6, 6.07) is 16.0. The maximum Gasteiger partial charge on any atom is 0.335 e. The molecule has 6 heteroatoms. The molecule has 0 fully saturated rings. The fourth-order valence-corrected chi connectivity index (χ4v) is 1.88. The molecule has 0 amide bonds. The summed E-state index contributed by atoms with van der Waals surface area (Å²) in [5.41, 5.74) is 12.6. The minimum atomic E-state index is -0.931. The molecule has 21 heavy (non-hydrogen) atoms. The highest BCUT2D eigenvalue weighted by Gasteiger charge is 1.98. The van der Waals surface area contributed by atoms with E-state index in [2.05, 4.69) is 0 Å². The predicted molar refractivity (Wildman–Crippen MR) is 87.5 cm³/mol.